The highest BCUT2D eigenvalue weighted by Crippen LogP contribution is 2.24. The number of aromatic nitrogens is 3. The molecule has 3 aromatic rings. The molecule has 30 heavy (non-hydrogen) atoms. The highest BCUT2D eigenvalue weighted by atomic mass is 16.2. The molecule has 0 unspecified atom stereocenters. The Morgan fingerprint density at radius 3 is 2.43 bits per heavy atom. The number of nitrogens with one attached hydrogen (secondary N) is 1. The summed E-state index contributed by atoms with van der Waals surface area (Å²) in [5, 5.41) is 7.34. The van der Waals surface area contributed by atoms with Crippen LogP contribution in [-0.2, 0) is 0 Å². The third kappa shape index (κ3) is 3.83. The second kappa shape index (κ2) is 8.10. The Morgan fingerprint density at radius 1 is 1.03 bits per heavy atom. The number of nitrogens with zero attached hydrogens (tertiary/aromatic N) is 4. The number of carbonyl (C=O) groups is 2. The molecule has 154 valence electrons. The number of pyridine rings is 1. The molecule has 1 aromatic carbocycles. The molecule has 2 aromatic heterocycles. The second-order valence-electron chi connectivity index (χ2n) is 7.69. The summed E-state index contributed by atoms with van der Waals surface area (Å²) in [6, 6.07) is 11.0. The van der Waals surface area contributed by atoms with Crippen LogP contribution in [0.25, 0.3) is 5.82 Å². The van der Waals surface area contributed by atoms with E-state index in [0.717, 1.165) is 42.9 Å². The van der Waals surface area contributed by atoms with Crippen molar-refractivity contribution in [3.05, 3.63) is 70.7 Å². The van der Waals surface area contributed by atoms with Crippen molar-refractivity contribution >= 4 is 17.5 Å². The lowest BCUT2D eigenvalue weighted by Crippen LogP contribution is -2.29. The zero-order chi connectivity index (χ0) is 21.3. The van der Waals surface area contributed by atoms with Gasteiger partial charge in [0.1, 0.15) is 0 Å². The topological polar surface area (TPSA) is 80.1 Å². The molecule has 7 heteroatoms. The van der Waals surface area contributed by atoms with Crippen LogP contribution in [0.15, 0.2) is 42.6 Å². The summed E-state index contributed by atoms with van der Waals surface area (Å²) >= 11 is 0. The van der Waals surface area contributed by atoms with Crippen molar-refractivity contribution in [3.63, 3.8) is 0 Å². The predicted octanol–water partition coefficient (Wildman–Crippen LogP) is 3.68. The van der Waals surface area contributed by atoms with E-state index in [2.05, 4.69) is 15.4 Å². The molecule has 7 nitrogen and oxygen atoms in total. The number of hydrogen-bond acceptors (Lipinski definition) is 4. The molecule has 0 spiro atoms. The summed E-state index contributed by atoms with van der Waals surface area (Å²) in [5.74, 6) is 0.314. The quantitative estimate of drug-likeness (QED) is 0.721. The first-order chi connectivity index (χ1) is 14.4. The number of carbonyl (C=O) groups excluding carboxylic acids is 2. The lowest BCUT2D eigenvalue weighted by molar-refractivity contribution is 0.0793. The molecule has 0 aliphatic carbocycles. The van der Waals surface area contributed by atoms with Crippen LogP contribution in [0, 0.1) is 20.8 Å². The third-order valence-corrected chi connectivity index (χ3v) is 5.37. The Kier molecular flexibility index (Phi) is 5.35. The summed E-state index contributed by atoms with van der Waals surface area (Å²) in [4.78, 5) is 32.0. The van der Waals surface area contributed by atoms with Crippen molar-refractivity contribution in [1.29, 1.82) is 0 Å². The van der Waals surface area contributed by atoms with E-state index in [1.165, 1.54) is 6.20 Å². The third-order valence-electron chi connectivity index (χ3n) is 5.37. The molecular formula is C23H25N5O2. The van der Waals surface area contributed by atoms with Crippen LogP contribution in [-0.4, -0.2) is 44.6 Å². The molecule has 1 fully saturated rings. The number of anilines is 1. The van der Waals surface area contributed by atoms with Crippen LogP contribution in [0.5, 0.6) is 0 Å². The number of para-hydroxylation sites is 1. The van der Waals surface area contributed by atoms with E-state index < -0.39 is 0 Å². The molecule has 1 aliphatic heterocycles. The number of hydrogen-bond donors (Lipinski definition) is 1. The van der Waals surface area contributed by atoms with E-state index in [1.807, 2.05) is 43.9 Å². The largest absolute Gasteiger partial charge is 0.339 e. The molecule has 0 radical (unpaired) electrons. The van der Waals surface area contributed by atoms with Crippen LogP contribution < -0.4 is 5.32 Å². The van der Waals surface area contributed by atoms with Crippen molar-refractivity contribution in [1.82, 2.24) is 19.7 Å². The van der Waals surface area contributed by atoms with Crippen LogP contribution in [0.3, 0.4) is 0 Å². The van der Waals surface area contributed by atoms with E-state index in [4.69, 9.17) is 0 Å². The van der Waals surface area contributed by atoms with Gasteiger partial charge in [0.25, 0.3) is 11.8 Å². The van der Waals surface area contributed by atoms with Gasteiger partial charge in [0.15, 0.2) is 5.82 Å². The van der Waals surface area contributed by atoms with E-state index in [0.29, 0.717) is 22.6 Å². The highest BCUT2D eigenvalue weighted by molar-refractivity contribution is 6.09. The van der Waals surface area contributed by atoms with Crippen molar-refractivity contribution in [3.8, 4) is 5.82 Å². The van der Waals surface area contributed by atoms with Crippen molar-refractivity contribution in [2.45, 2.75) is 33.6 Å². The van der Waals surface area contributed by atoms with Crippen LogP contribution >= 0.6 is 0 Å². The second-order valence-corrected chi connectivity index (χ2v) is 7.69. The van der Waals surface area contributed by atoms with Gasteiger partial charge in [0, 0.05) is 25.0 Å². The van der Waals surface area contributed by atoms with Gasteiger partial charge in [-0.25, -0.2) is 9.67 Å². The van der Waals surface area contributed by atoms with Gasteiger partial charge >= 0.3 is 0 Å². The van der Waals surface area contributed by atoms with Gasteiger partial charge in [-0.1, -0.05) is 12.1 Å². The van der Waals surface area contributed by atoms with Gasteiger partial charge in [-0.3, -0.25) is 9.59 Å². The first-order valence-electron chi connectivity index (χ1n) is 10.1. The van der Waals surface area contributed by atoms with Gasteiger partial charge < -0.3 is 10.2 Å². The van der Waals surface area contributed by atoms with E-state index in [-0.39, 0.29) is 11.8 Å². The minimum Gasteiger partial charge on any atom is -0.339 e. The SMILES string of the molecule is Cc1cc(C)n(-c2ccc(C(=O)Nc3c(C)cccc3C(=O)N3CCCC3)cn2)n1. The van der Waals surface area contributed by atoms with Crippen LogP contribution in [0.2, 0.25) is 0 Å². The Labute approximate surface area is 175 Å². The molecule has 0 bridgehead atoms. The standard InChI is InChI=1S/C23H25N5O2/c1-15-7-6-8-19(23(30)27-11-4-5-12-27)21(15)25-22(29)18-9-10-20(24-14-18)28-17(3)13-16(2)26-28/h6-10,13-14H,4-5,11-12H2,1-3H3,(H,25,29). The Bertz CT molecular complexity index is 1100. The lowest BCUT2D eigenvalue weighted by Gasteiger charge is -2.19. The Balaban J connectivity index is 1.57. The monoisotopic (exact) mass is 403 g/mol. The van der Waals surface area contributed by atoms with Gasteiger partial charge in [-0.15, -0.1) is 0 Å². The molecule has 1 aliphatic rings. The van der Waals surface area contributed by atoms with E-state index in [9.17, 15) is 9.59 Å². The number of likely N-dealkylation sites (tertiary alicyclic amines) is 1. The molecule has 0 atom stereocenters. The number of rotatable bonds is 4. The Morgan fingerprint density at radius 2 is 1.80 bits per heavy atom. The van der Waals surface area contributed by atoms with Gasteiger partial charge in [0.2, 0.25) is 0 Å². The first kappa shape index (κ1) is 19.8. The maximum absolute atomic E-state index is 12.9. The summed E-state index contributed by atoms with van der Waals surface area (Å²) in [7, 11) is 0. The summed E-state index contributed by atoms with van der Waals surface area (Å²) in [5.41, 5.74) is 4.23. The smallest absolute Gasteiger partial charge is 0.257 e. The minimum atomic E-state index is -0.299. The van der Waals surface area contributed by atoms with Gasteiger partial charge in [-0.05, 0) is 63.4 Å². The van der Waals surface area contributed by atoms with E-state index >= 15 is 0 Å². The molecule has 0 saturated carbocycles. The molecule has 2 amide bonds. The molecular weight excluding hydrogens is 378 g/mol. The van der Waals surface area contributed by atoms with Crippen LogP contribution in [0.4, 0.5) is 5.69 Å². The predicted molar refractivity (Wildman–Crippen MR) is 115 cm³/mol. The van der Waals surface area contributed by atoms with Gasteiger partial charge in [-0.2, -0.15) is 5.10 Å². The first-order valence-corrected chi connectivity index (χ1v) is 10.1. The average Bonchev–Trinajstić information content (AvgIpc) is 3.38. The normalized spacial score (nSPS) is 13.5. The fourth-order valence-corrected chi connectivity index (χ4v) is 3.79. The Hall–Kier alpha value is -3.48. The van der Waals surface area contributed by atoms with Gasteiger partial charge in [0.05, 0.1) is 22.5 Å². The molecule has 3 heterocycles. The minimum absolute atomic E-state index is 0.0375. The molecule has 1 N–H and O–H groups in total. The fraction of sp³-hybridized carbons (Fsp3) is 0.304. The maximum atomic E-state index is 12.9. The van der Waals surface area contributed by atoms with Crippen LogP contribution in [0.1, 0.15) is 50.5 Å². The van der Waals surface area contributed by atoms with E-state index in [1.54, 1.807) is 22.9 Å². The molecule has 4 rings (SSSR count). The maximum Gasteiger partial charge on any atom is 0.257 e. The summed E-state index contributed by atoms with van der Waals surface area (Å²) in [6.45, 7) is 7.30. The zero-order valence-electron chi connectivity index (χ0n) is 17.5. The highest BCUT2D eigenvalue weighted by Gasteiger charge is 2.23. The number of aryl methyl sites for hydroxylation is 3. The molecule has 1 saturated heterocycles. The van der Waals surface area contributed by atoms with Crippen molar-refractivity contribution in [2.24, 2.45) is 0 Å². The zero-order valence-corrected chi connectivity index (χ0v) is 17.5. The van der Waals surface area contributed by atoms with Crippen molar-refractivity contribution < 1.29 is 9.59 Å². The lowest BCUT2D eigenvalue weighted by atomic mass is 10.1. The number of benzene rings is 1. The summed E-state index contributed by atoms with van der Waals surface area (Å²) < 4.78 is 1.74. The number of amides is 2. The summed E-state index contributed by atoms with van der Waals surface area (Å²) in [6.07, 6.45) is 3.57. The fourth-order valence-electron chi connectivity index (χ4n) is 3.79. The average molecular weight is 403 g/mol. The van der Waals surface area contributed by atoms with Crippen molar-refractivity contribution in [2.75, 3.05) is 18.4 Å².